The molecule has 0 rings (SSSR count). The summed E-state index contributed by atoms with van der Waals surface area (Å²) in [5.74, 6) is 0.0468. The highest BCUT2D eigenvalue weighted by Gasteiger charge is 2.19. The minimum atomic E-state index is -0.759. The molecule has 6 heteroatoms. The van der Waals surface area contributed by atoms with Crippen molar-refractivity contribution in [2.75, 3.05) is 13.2 Å². The Morgan fingerprint density at radius 1 is 0.333 bits per heavy atom. The van der Waals surface area contributed by atoms with E-state index in [0.29, 0.717) is 19.3 Å². The van der Waals surface area contributed by atoms with Crippen LogP contribution in [0.2, 0.25) is 0 Å². The van der Waals surface area contributed by atoms with Crippen molar-refractivity contribution in [2.45, 2.75) is 310 Å². The molecule has 0 radical (unpaired) electrons. The van der Waals surface area contributed by atoms with Gasteiger partial charge in [0.25, 0.3) is 0 Å². The molecule has 0 spiro atoms. The molecule has 0 saturated heterocycles. The van der Waals surface area contributed by atoms with Gasteiger partial charge in [-0.25, -0.2) is 0 Å². The van der Waals surface area contributed by atoms with E-state index in [0.717, 1.165) is 63.7 Å². The Hall–Kier alpha value is -1.59. The topological polar surface area (TPSA) is 78.9 Å². The Kier molecular flexibility index (Phi) is 47.2. The van der Waals surface area contributed by atoms with Crippen LogP contribution in [0.25, 0.3) is 0 Å². The highest BCUT2D eigenvalue weighted by atomic mass is 16.6. The van der Waals surface area contributed by atoms with Crippen molar-refractivity contribution in [1.82, 2.24) is 0 Å². The summed E-state index contributed by atoms with van der Waals surface area (Å²) in [6.45, 7) is 9.04. The fraction of sp³-hybridized carbons (Fsp3) is 0.944. The Bertz CT molecular complexity index is 905. The van der Waals surface area contributed by atoms with E-state index < -0.39 is 6.10 Å². The maximum atomic E-state index is 12.7. The van der Waals surface area contributed by atoms with Gasteiger partial charge in [-0.2, -0.15) is 0 Å². The lowest BCUT2D eigenvalue weighted by molar-refractivity contribution is -0.167. The Morgan fingerprint density at radius 2 is 0.583 bits per heavy atom. The van der Waals surface area contributed by atoms with Crippen LogP contribution in [0.1, 0.15) is 304 Å². The fourth-order valence-corrected chi connectivity index (χ4v) is 8.19. The van der Waals surface area contributed by atoms with Gasteiger partial charge < -0.3 is 14.2 Å². The lowest BCUT2D eigenvalue weighted by Crippen LogP contribution is -2.30. The summed E-state index contributed by atoms with van der Waals surface area (Å²) >= 11 is 0. The van der Waals surface area contributed by atoms with Crippen LogP contribution in [0.4, 0.5) is 0 Å². The molecule has 0 bridgehead atoms. The van der Waals surface area contributed by atoms with E-state index in [2.05, 4.69) is 27.7 Å². The third kappa shape index (κ3) is 45.9. The van der Waals surface area contributed by atoms with E-state index in [9.17, 15) is 14.4 Å². The molecule has 1 unspecified atom stereocenters. The molecule has 0 heterocycles. The molecule has 0 aromatic carbocycles. The van der Waals surface area contributed by atoms with Crippen LogP contribution in [0.3, 0.4) is 0 Å². The van der Waals surface area contributed by atoms with E-state index in [-0.39, 0.29) is 31.1 Å². The van der Waals surface area contributed by atoms with E-state index in [4.69, 9.17) is 14.2 Å². The maximum absolute atomic E-state index is 12.7. The zero-order chi connectivity index (χ0) is 43.8. The number of carbonyl (C=O) groups is 3. The smallest absolute Gasteiger partial charge is 0.306 e. The molecular formula is C54H104O6. The number of ether oxygens (including phenoxy) is 3. The predicted octanol–water partition coefficient (Wildman–Crippen LogP) is 17.5. The number of hydrogen-bond donors (Lipinski definition) is 0. The molecule has 6 nitrogen and oxygen atoms in total. The van der Waals surface area contributed by atoms with Crippen LogP contribution in [-0.2, 0) is 28.6 Å². The summed E-state index contributed by atoms with van der Waals surface area (Å²) in [4.78, 5) is 37.8. The lowest BCUT2D eigenvalue weighted by Gasteiger charge is -2.18. The van der Waals surface area contributed by atoms with Gasteiger partial charge in [0.05, 0.1) is 0 Å². The molecule has 0 aliphatic carbocycles. The van der Waals surface area contributed by atoms with E-state index in [1.807, 2.05) is 0 Å². The molecule has 0 saturated carbocycles. The number of carbonyl (C=O) groups excluding carboxylic acids is 3. The minimum absolute atomic E-state index is 0.0631. The van der Waals surface area contributed by atoms with Crippen LogP contribution in [0, 0.1) is 5.92 Å². The summed E-state index contributed by atoms with van der Waals surface area (Å²) in [6.07, 6.45) is 51.0. The average molecular weight is 849 g/mol. The van der Waals surface area contributed by atoms with Gasteiger partial charge in [0.1, 0.15) is 13.2 Å². The second-order valence-corrected chi connectivity index (χ2v) is 18.8. The Balaban J connectivity index is 4.13. The molecule has 0 N–H and O–H groups in total. The molecule has 2 atom stereocenters. The van der Waals surface area contributed by atoms with Crippen LogP contribution >= 0.6 is 0 Å². The zero-order valence-corrected chi connectivity index (χ0v) is 40.9. The van der Waals surface area contributed by atoms with Crippen molar-refractivity contribution in [2.24, 2.45) is 5.92 Å². The first kappa shape index (κ1) is 58.4. The summed E-state index contributed by atoms with van der Waals surface area (Å²) in [5.41, 5.74) is 0. The van der Waals surface area contributed by atoms with E-state index >= 15 is 0 Å². The van der Waals surface area contributed by atoms with E-state index in [1.165, 1.54) is 199 Å². The summed E-state index contributed by atoms with van der Waals surface area (Å²) in [6, 6.07) is 0. The first-order chi connectivity index (χ1) is 29.4. The second kappa shape index (κ2) is 48.4. The van der Waals surface area contributed by atoms with Crippen molar-refractivity contribution in [3.63, 3.8) is 0 Å². The van der Waals surface area contributed by atoms with Crippen molar-refractivity contribution < 1.29 is 28.6 Å². The predicted molar refractivity (Wildman–Crippen MR) is 257 cm³/mol. The SMILES string of the molecule is CCCCCCCCCCCCCCCCCCCC(=O)OC[C@H](COC(=O)CCCCCCCCCCCCCCCCC(C)CC)OC(=O)CCCCCCCCC. The first-order valence-electron chi connectivity index (χ1n) is 26.9. The molecule has 0 aliphatic rings. The maximum Gasteiger partial charge on any atom is 0.306 e. The number of rotatable bonds is 49. The fourth-order valence-electron chi connectivity index (χ4n) is 8.19. The molecule has 356 valence electrons. The third-order valence-corrected chi connectivity index (χ3v) is 12.7. The number of hydrogen-bond acceptors (Lipinski definition) is 6. The average Bonchev–Trinajstić information content (AvgIpc) is 3.25. The molecule has 0 amide bonds. The third-order valence-electron chi connectivity index (χ3n) is 12.7. The van der Waals surface area contributed by atoms with Gasteiger partial charge in [-0.15, -0.1) is 0 Å². The highest BCUT2D eigenvalue weighted by molar-refractivity contribution is 5.71. The quantitative estimate of drug-likeness (QED) is 0.0345. The van der Waals surface area contributed by atoms with Crippen molar-refractivity contribution in [3.05, 3.63) is 0 Å². The Morgan fingerprint density at radius 3 is 0.867 bits per heavy atom. The minimum Gasteiger partial charge on any atom is -0.462 e. The second-order valence-electron chi connectivity index (χ2n) is 18.8. The van der Waals surface area contributed by atoms with Crippen LogP contribution < -0.4 is 0 Å². The normalized spacial score (nSPS) is 12.4. The molecular weight excluding hydrogens is 745 g/mol. The van der Waals surface area contributed by atoms with Gasteiger partial charge in [0, 0.05) is 19.3 Å². The first-order valence-corrected chi connectivity index (χ1v) is 26.9. The standard InChI is InChI=1S/C54H104O6/c1-5-8-10-12-14-15-16-17-18-19-20-24-27-30-34-37-41-45-52(55)58-48-51(60-54(57)47-43-39-32-13-11-9-6-2)49-59-53(56)46-42-38-35-31-28-25-22-21-23-26-29-33-36-40-44-50(4)7-3/h50-51H,5-49H2,1-4H3/t50?,51-/m1/s1. The van der Waals surface area contributed by atoms with Crippen LogP contribution in [0.15, 0.2) is 0 Å². The molecule has 0 aromatic rings. The summed E-state index contributed by atoms with van der Waals surface area (Å²) < 4.78 is 16.8. The number of esters is 3. The molecule has 0 aliphatic heterocycles. The van der Waals surface area contributed by atoms with Crippen LogP contribution in [-0.4, -0.2) is 37.2 Å². The van der Waals surface area contributed by atoms with Gasteiger partial charge in [-0.05, 0) is 25.2 Å². The van der Waals surface area contributed by atoms with Crippen molar-refractivity contribution in [1.29, 1.82) is 0 Å². The molecule has 0 aromatic heterocycles. The lowest BCUT2D eigenvalue weighted by atomic mass is 9.99. The number of unbranched alkanes of at least 4 members (excludes halogenated alkanes) is 35. The summed E-state index contributed by atoms with van der Waals surface area (Å²) in [7, 11) is 0. The highest BCUT2D eigenvalue weighted by Crippen LogP contribution is 2.18. The Labute approximate surface area is 374 Å². The van der Waals surface area contributed by atoms with Gasteiger partial charge in [0.2, 0.25) is 0 Å². The van der Waals surface area contributed by atoms with Gasteiger partial charge in [0.15, 0.2) is 6.10 Å². The van der Waals surface area contributed by atoms with Gasteiger partial charge >= 0.3 is 17.9 Å². The van der Waals surface area contributed by atoms with Crippen molar-refractivity contribution >= 4 is 17.9 Å². The van der Waals surface area contributed by atoms with Crippen LogP contribution in [0.5, 0.6) is 0 Å². The largest absolute Gasteiger partial charge is 0.462 e. The summed E-state index contributed by atoms with van der Waals surface area (Å²) in [5, 5.41) is 0. The molecule has 0 fully saturated rings. The monoisotopic (exact) mass is 849 g/mol. The van der Waals surface area contributed by atoms with Gasteiger partial charge in [-0.3, -0.25) is 14.4 Å². The zero-order valence-electron chi connectivity index (χ0n) is 40.9. The van der Waals surface area contributed by atoms with Crippen molar-refractivity contribution in [3.8, 4) is 0 Å². The van der Waals surface area contributed by atoms with Gasteiger partial charge in [-0.1, -0.05) is 265 Å². The molecule has 60 heavy (non-hydrogen) atoms. The van der Waals surface area contributed by atoms with E-state index in [1.54, 1.807) is 0 Å².